The molecule has 0 amide bonds. The van der Waals surface area contributed by atoms with Crippen LogP contribution in [0.25, 0.3) is 16.8 Å². The molecule has 4 heterocycles. The van der Waals surface area contributed by atoms with Gasteiger partial charge in [-0.2, -0.15) is 9.61 Å². The molecule has 1 aromatic carbocycles. The fourth-order valence-corrected chi connectivity index (χ4v) is 5.12. The second-order valence-electron chi connectivity index (χ2n) is 8.13. The highest BCUT2D eigenvalue weighted by molar-refractivity contribution is 6.43. The Bertz CT molecular complexity index is 1090. The maximum atomic E-state index is 10.2. The molecule has 2 saturated heterocycles. The summed E-state index contributed by atoms with van der Waals surface area (Å²) in [5.41, 5.74) is 9.23. The van der Waals surface area contributed by atoms with Crippen molar-refractivity contribution >= 4 is 34.7 Å². The number of rotatable bonds is 3. The first-order valence-electron chi connectivity index (χ1n) is 10.0. The Labute approximate surface area is 184 Å². The lowest BCUT2D eigenvalue weighted by Gasteiger charge is -2.41. The van der Waals surface area contributed by atoms with Gasteiger partial charge in [0, 0.05) is 35.7 Å². The highest BCUT2D eigenvalue weighted by atomic mass is 35.5. The first-order chi connectivity index (χ1) is 14.5. The molecule has 2 aromatic heterocycles. The third kappa shape index (κ3) is 3.08. The predicted octanol–water partition coefficient (Wildman–Crippen LogP) is 3.14. The van der Waals surface area contributed by atoms with Gasteiger partial charge in [0.05, 0.1) is 29.9 Å². The molecule has 3 N–H and O–H groups in total. The highest BCUT2D eigenvalue weighted by Gasteiger charge is 2.44. The van der Waals surface area contributed by atoms with Crippen LogP contribution in [0, 0.1) is 5.41 Å². The number of anilines is 1. The summed E-state index contributed by atoms with van der Waals surface area (Å²) in [4.78, 5) is 6.76. The van der Waals surface area contributed by atoms with Crippen molar-refractivity contribution in [3.8, 4) is 11.1 Å². The van der Waals surface area contributed by atoms with E-state index in [1.807, 2.05) is 22.7 Å². The van der Waals surface area contributed by atoms with E-state index in [9.17, 15) is 5.11 Å². The van der Waals surface area contributed by atoms with E-state index < -0.39 is 0 Å². The molecule has 2 fully saturated rings. The van der Waals surface area contributed by atoms with Gasteiger partial charge in [-0.15, -0.1) is 0 Å². The number of hydrogen-bond acceptors (Lipinski definition) is 6. The van der Waals surface area contributed by atoms with Gasteiger partial charge >= 0.3 is 0 Å². The van der Waals surface area contributed by atoms with E-state index in [4.69, 9.17) is 33.7 Å². The summed E-state index contributed by atoms with van der Waals surface area (Å²) >= 11 is 12.7. The van der Waals surface area contributed by atoms with E-state index >= 15 is 0 Å². The van der Waals surface area contributed by atoms with Crippen LogP contribution in [0.4, 0.5) is 5.82 Å². The molecule has 0 bridgehead atoms. The number of aromatic nitrogens is 3. The Morgan fingerprint density at radius 2 is 2.07 bits per heavy atom. The maximum absolute atomic E-state index is 10.2. The quantitative estimate of drug-likeness (QED) is 0.640. The van der Waals surface area contributed by atoms with Crippen LogP contribution in [0.15, 0.2) is 30.6 Å². The molecule has 1 atom stereocenters. The zero-order valence-electron chi connectivity index (χ0n) is 16.4. The number of nitrogens with two attached hydrogens (primary N) is 1. The summed E-state index contributed by atoms with van der Waals surface area (Å²) in [5.74, 6) is 0.899. The molecule has 2 aliphatic rings. The molecule has 30 heavy (non-hydrogen) atoms. The average Bonchev–Trinajstić information content (AvgIpc) is 3.37. The molecular weight excluding hydrogens is 425 g/mol. The SMILES string of the molecule is NC1COCC12CCN(c1cc(CO)c(-c3cccc(Cl)c3Cl)c3ncnn13)CC2. The zero-order chi connectivity index (χ0) is 20.9. The smallest absolute Gasteiger partial charge is 0.165 e. The Morgan fingerprint density at radius 1 is 1.27 bits per heavy atom. The number of piperidine rings is 1. The molecular formula is C21H23Cl2N5O2. The molecule has 3 aromatic rings. The van der Waals surface area contributed by atoms with Crippen LogP contribution < -0.4 is 10.6 Å². The first-order valence-corrected chi connectivity index (χ1v) is 10.8. The fraction of sp³-hybridized carbons (Fsp3) is 0.429. The van der Waals surface area contributed by atoms with Crippen LogP contribution in [0.3, 0.4) is 0 Å². The van der Waals surface area contributed by atoms with E-state index in [0.717, 1.165) is 55.0 Å². The summed E-state index contributed by atoms with van der Waals surface area (Å²) in [6.45, 7) is 2.90. The van der Waals surface area contributed by atoms with Gasteiger partial charge in [-0.25, -0.2) is 4.98 Å². The molecule has 1 unspecified atom stereocenters. The van der Waals surface area contributed by atoms with Gasteiger partial charge in [0.25, 0.3) is 0 Å². The van der Waals surface area contributed by atoms with Gasteiger partial charge in [0.15, 0.2) is 5.65 Å². The summed E-state index contributed by atoms with van der Waals surface area (Å²) in [6, 6.07) is 7.51. The van der Waals surface area contributed by atoms with E-state index in [1.54, 1.807) is 6.07 Å². The molecule has 158 valence electrons. The maximum Gasteiger partial charge on any atom is 0.165 e. The Kier molecular flexibility index (Phi) is 5.11. The molecule has 7 nitrogen and oxygen atoms in total. The molecule has 2 aliphatic heterocycles. The minimum absolute atomic E-state index is 0.0616. The van der Waals surface area contributed by atoms with Crippen LogP contribution in [0.5, 0.6) is 0 Å². The Balaban J connectivity index is 1.57. The lowest BCUT2D eigenvalue weighted by atomic mass is 9.75. The number of nitrogens with zero attached hydrogens (tertiary/aromatic N) is 4. The highest BCUT2D eigenvalue weighted by Crippen LogP contribution is 2.42. The van der Waals surface area contributed by atoms with Crippen LogP contribution in [0.1, 0.15) is 18.4 Å². The molecule has 9 heteroatoms. The van der Waals surface area contributed by atoms with E-state index in [0.29, 0.717) is 22.3 Å². The topological polar surface area (TPSA) is 88.9 Å². The number of halogens is 2. The van der Waals surface area contributed by atoms with E-state index in [-0.39, 0.29) is 18.1 Å². The normalized spacial score (nSPS) is 21.1. The summed E-state index contributed by atoms with van der Waals surface area (Å²) in [7, 11) is 0. The van der Waals surface area contributed by atoms with Crippen LogP contribution >= 0.6 is 23.2 Å². The second-order valence-corrected chi connectivity index (χ2v) is 8.91. The van der Waals surface area contributed by atoms with Crippen molar-refractivity contribution in [1.82, 2.24) is 14.6 Å². The summed E-state index contributed by atoms with van der Waals surface area (Å²) in [5, 5.41) is 15.5. The number of aliphatic hydroxyl groups excluding tert-OH is 1. The van der Waals surface area contributed by atoms with Gasteiger partial charge in [0.2, 0.25) is 0 Å². The number of fused-ring (bicyclic) bond motifs is 1. The van der Waals surface area contributed by atoms with E-state index in [1.165, 1.54) is 6.33 Å². The minimum Gasteiger partial charge on any atom is -0.392 e. The second kappa shape index (κ2) is 7.66. The number of ether oxygens (including phenoxy) is 1. The van der Waals surface area contributed by atoms with Gasteiger partial charge in [-0.3, -0.25) is 0 Å². The standard InChI is InChI=1S/C21H23Cl2N5O2/c22-15-3-1-2-14(19(15)23)18-13(9-29)8-17(28-20(18)25-12-26-28)27-6-4-21(5-7-27)11-30-10-16(21)24/h1-3,8,12,16,29H,4-7,9-11,24H2. The van der Waals surface area contributed by atoms with Gasteiger partial charge < -0.3 is 20.5 Å². The molecule has 0 saturated carbocycles. The number of hydrogen-bond donors (Lipinski definition) is 2. The molecule has 1 spiro atoms. The average molecular weight is 448 g/mol. The largest absolute Gasteiger partial charge is 0.392 e. The molecule has 5 rings (SSSR count). The number of pyridine rings is 1. The Morgan fingerprint density at radius 3 is 2.77 bits per heavy atom. The van der Waals surface area contributed by atoms with Crippen molar-refractivity contribution in [2.75, 3.05) is 31.2 Å². The van der Waals surface area contributed by atoms with Crippen molar-refractivity contribution in [3.63, 3.8) is 0 Å². The predicted molar refractivity (Wildman–Crippen MR) is 117 cm³/mol. The van der Waals surface area contributed by atoms with Gasteiger partial charge in [-0.1, -0.05) is 35.3 Å². The Hall–Kier alpha value is -1.90. The zero-order valence-corrected chi connectivity index (χ0v) is 17.9. The fourth-order valence-electron chi connectivity index (χ4n) is 4.72. The summed E-state index contributed by atoms with van der Waals surface area (Å²) in [6.07, 6.45) is 3.44. The van der Waals surface area contributed by atoms with E-state index in [2.05, 4.69) is 15.0 Å². The van der Waals surface area contributed by atoms with Crippen molar-refractivity contribution in [3.05, 3.63) is 46.2 Å². The van der Waals surface area contributed by atoms with Crippen LogP contribution in [-0.2, 0) is 11.3 Å². The van der Waals surface area contributed by atoms with Crippen molar-refractivity contribution < 1.29 is 9.84 Å². The van der Waals surface area contributed by atoms with Gasteiger partial charge in [0.1, 0.15) is 12.1 Å². The van der Waals surface area contributed by atoms with Crippen LogP contribution in [0.2, 0.25) is 10.0 Å². The molecule has 0 radical (unpaired) electrons. The minimum atomic E-state index is -0.148. The third-order valence-electron chi connectivity index (χ3n) is 6.56. The monoisotopic (exact) mass is 447 g/mol. The number of benzene rings is 1. The lowest BCUT2D eigenvalue weighted by Crippen LogP contribution is -2.49. The lowest BCUT2D eigenvalue weighted by molar-refractivity contribution is 0.131. The van der Waals surface area contributed by atoms with Crippen molar-refractivity contribution in [1.29, 1.82) is 0 Å². The van der Waals surface area contributed by atoms with Crippen LogP contribution in [-0.4, -0.2) is 52.0 Å². The van der Waals surface area contributed by atoms with Crippen molar-refractivity contribution in [2.45, 2.75) is 25.5 Å². The van der Waals surface area contributed by atoms with Gasteiger partial charge in [-0.05, 0) is 30.5 Å². The van der Waals surface area contributed by atoms with Crippen molar-refractivity contribution in [2.24, 2.45) is 11.1 Å². The number of aliphatic hydroxyl groups is 1. The molecule has 0 aliphatic carbocycles. The first kappa shape index (κ1) is 20.0. The third-order valence-corrected chi connectivity index (χ3v) is 7.38. The summed E-state index contributed by atoms with van der Waals surface area (Å²) < 4.78 is 7.46.